The van der Waals surface area contributed by atoms with Crippen molar-refractivity contribution in [2.75, 3.05) is 56.9 Å². The molecule has 2 saturated heterocycles. The van der Waals surface area contributed by atoms with E-state index < -0.39 is 5.97 Å². The molecule has 6 unspecified atom stereocenters. The van der Waals surface area contributed by atoms with E-state index in [1.165, 1.54) is 0 Å². The summed E-state index contributed by atoms with van der Waals surface area (Å²) in [5.74, 6) is 1.19. The molecule has 3 heterocycles. The molecule has 4 rings (SSSR count). The summed E-state index contributed by atoms with van der Waals surface area (Å²) in [6, 6.07) is 9.74. The highest BCUT2D eigenvalue weighted by Gasteiger charge is 2.41. The molecule has 2 aliphatic heterocycles. The third-order valence-electron chi connectivity index (χ3n) is 8.04. The minimum Gasteiger partial charge on any atom is -0.490 e. The Hall–Kier alpha value is -2.75. The van der Waals surface area contributed by atoms with Gasteiger partial charge in [-0.05, 0) is 24.3 Å². The number of anilines is 2. The minimum atomic E-state index is -0.804. The van der Waals surface area contributed by atoms with Gasteiger partial charge in [0.1, 0.15) is 11.9 Å². The van der Waals surface area contributed by atoms with Crippen molar-refractivity contribution in [2.24, 2.45) is 17.8 Å². The molecule has 40 heavy (non-hydrogen) atoms. The summed E-state index contributed by atoms with van der Waals surface area (Å²) < 4.78 is 23.2. The Labute approximate surface area is 242 Å². The summed E-state index contributed by atoms with van der Waals surface area (Å²) in [6.07, 6.45) is 2.58. The number of methoxy groups -OCH3 is 2. The van der Waals surface area contributed by atoms with Crippen LogP contribution in [0.4, 0.5) is 11.4 Å². The highest BCUT2D eigenvalue weighted by Crippen LogP contribution is 2.36. The molecule has 2 aliphatic rings. The molecule has 1 aromatic carbocycles. The molecule has 220 valence electrons. The maximum Gasteiger partial charge on any atom is 0.305 e. The Bertz CT molecular complexity index is 1120. The molecule has 2 aromatic rings. The third-order valence-corrected chi connectivity index (χ3v) is 8.33. The molecular weight excluding hydrogens is 534 g/mol. The maximum atomic E-state index is 11.7. The van der Waals surface area contributed by atoms with Crippen LogP contribution < -0.4 is 19.3 Å². The van der Waals surface area contributed by atoms with Gasteiger partial charge in [0.15, 0.2) is 0 Å². The zero-order valence-electron chi connectivity index (χ0n) is 24.1. The molecule has 0 bridgehead atoms. The number of aromatic nitrogens is 1. The van der Waals surface area contributed by atoms with Crippen LogP contribution in [-0.2, 0) is 14.3 Å². The summed E-state index contributed by atoms with van der Waals surface area (Å²) in [7, 11) is 3.29. The number of nitrogens with zero attached hydrogens (tertiary/aromatic N) is 3. The Morgan fingerprint density at radius 1 is 1.15 bits per heavy atom. The lowest BCUT2D eigenvalue weighted by Crippen LogP contribution is -2.44. The van der Waals surface area contributed by atoms with Crippen molar-refractivity contribution in [3.05, 3.63) is 41.6 Å². The second kappa shape index (κ2) is 13.7. The van der Waals surface area contributed by atoms with E-state index in [2.05, 4.69) is 35.6 Å². The van der Waals surface area contributed by atoms with E-state index in [4.69, 9.17) is 30.5 Å². The van der Waals surface area contributed by atoms with Gasteiger partial charge in [0.25, 0.3) is 0 Å². The van der Waals surface area contributed by atoms with Crippen molar-refractivity contribution in [2.45, 2.75) is 51.9 Å². The number of carboxylic acid groups (broad SMARTS) is 1. The van der Waals surface area contributed by atoms with Crippen molar-refractivity contribution >= 4 is 28.9 Å². The normalized spacial score (nSPS) is 25.6. The van der Waals surface area contributed by atoms with Crippen LogP contribution in [0.15, 0.2) is 36.5 Å². The van der Waals surface area contributed by atoms with Crippen molar-refractivity contribution in [1.82, 2.24) is 4.98 Å². The molecule has 0 saturated carbocycles. The van der Waals surface area contributed by atoms with Crippen molar-refractivity contribution in [3.63, 3.8) is 0 Å². The monoisotopic (exact) mass is 575 g/mol. The molecule has 1 aromatic heterocycles. The van der Waals surface area contributed by atoms with Gasteiger partial charge in [-0.25, -0.2) is 4.98 Å². The molecule has 2 fully saturated rings. The standard InChI is InChI=1S/C30H42ClN3O6/c1-19(17-37-4)18-39-28-16-34(25(21(28)3)13-30(35)36)22-6-8-23(9-7-22)40-27-10-11-33(15-20(27)2)26-12-29(38-5)32-14-24(26)31/h6-9,12,14,19-21,25,27-28H,10-11,13,15-18H2,1-5H3,(H,35,36). The van der Waals surface area contributed by atoms with Crippen LogP contribution in [0.5, 0.6) is 11.6 Å². The van der Waals surface area contributed by atoms with E-state index in [1.54, 1.807) is 20.4 Å². The number of benzene rings is 1. The molecule has 0 amide bonds. The lowest BCUT2D eigenvalue weighted by Gasteiger charge is -2.38. The molecule has 6 atom stereocenters. The molecular formula is C30H42ClN3O6. The number of hydrogen-bond donors (Lipinski definition) is 1. The Balaban J connectivity index is 1.38. The van der Waals surface area contributed by atoms with E-state index in [1.807, 2.05) is 30.3 Å². The number of pyridine rings is 1. The van der Waals surface area contributed by atoms with Crippen molar-refractivity contribution in [1.29, 1.82) is 0 Å². The van der Waals surface area contributed by atoms with Gasteiger partial charge < -0.3 is 33.9 Å². The second-order valence-electron chi connectivity index (χ2n) is 11.1. The van der Waals surface area contributed by atoms with E-state index in [0.29, 0.717) is 30.7 Å². The quantitative estimate of drug-likeness (QED) is 0.375. The average molecular weight is 576 g/mol. The summed E-state index contributed by atoms with van der Waals surface area (Å²) in [6.45, 7) is 9.85. The van der Waals surface area contributed by atoms with Gasteiger partial charge in [-0.2, -0.15) is 0 Å². The van der Waals surface area contributed by atoms with Gasteiger partial charge in [0.2, 0.25) is 5.88 Å². The van der Waals surface area contributed by atoms with Crippen LogP contribution in [0.3, 0.4) is 0 Å². The zero-order chi connectivity index (χ0) is 28.8. The smallest absolute Gasteiger partial charge is 0.305 e. The Morgan fingerprint density at radius 3 is 2.55 bits per heavy atom. The minimum absolute atomic E-state index is 0.0421. The topological polar surface area (TPSA) is 93.6 Å². The van der Waals surface area contributed by atoms with Gasteiger partial charge in [0, 0.05) is 68.7 Å². The number of carbonyl (C=O) groups is 1. The number of carboxylic acids is 1. The van der Waals surface area contributed by atoms with E-state index in [0.717, 1.165) is 36.6 Å². The van der Waals surface area contributed by atoms with Crippen LogP contribution >= 0.6 is 11.6 Å². The predicted octanol–water partition coefficient (Wildman–Crippen LogP) is 5.00. The fourth-order valence-electron chi connectivity index (χ4n) is 5.80. The molecule has 9 nitrogen and oxygen atoms in total. The van der Waals surface area contributed by atoms with Crippen molar-refractivity contribution < 1.29 is 28.8 Å². The number of rotatable bonds is 12. The predicted molar refractivity (Wildman–Crippen MR) is 156 cm³/mol. The highest BCUT2D eigenvalue weighted by molar-refractivity contribution is 6.33. The summed E-state index contributed by atoms with van der Waals surface area (Å²) in [4.78, 5) is 20.3. The average Bonchev–Trinajstić information content (AvgIpc) is 3.23. The van der Waals surface area contributed by atoms with Gasteiger partial charge in [-0.1, -0.05) is 32.4 Å². The first-order valence-electron chi connectivity index (χ1n) is 14.0. The van der Waals surface area contributed by atoms with Crippen LogP contribution in [-0.4, -0.2) is 81.4 Å². The number of ether oxygens (including phenoxy) is 4. The first-order chi connectivity index (χ1) is 19.2. The van der Waals surface area contributed by atoms with Gasteiger partial charge in [0.05, 0.1) is 49.8 Å². The van der Waals surface area contributed by atoms with Gasteiger partial charge >= 0.3 is 5.97 Å². The zero-order valence-corrected chi connectivity index (χ0v) is 24.8. The number of halogens is 1. The van der Waals surface area contributed by atoms with E-state index in [-0.39, 0.29) is 42.4 Å². The van der Waals surface area contributed by atoms with E-state index in [9.17, 15) is 9.90 Å². The molecule has 1 N–H and O–H groups in total. The summed E-state index contributed by atoms with van der Waals surface area (Å²) in [5, 5.41) is 10.2. The molecule has 0 radical (unpaired) electrons. The van der Waals surface area contributed by atoms with Crippen LogP contribution in [0.25, 0.3) is 0 Å². The largest absolute Gasteiger partial charge is 0.490 e. The Kier molecular flexibility index (Phi) is 10.4. The maximum absolute atomic E-state index is 11.7. The Morgan fingerprint density at radius 2 is 1.90 bits per heavy atom. The first-order valence-corrected chi connectivity index (χ1v) is 14.4. The molecule has 0 aliphatic carbocycles. The second-order valence-corrected chi connectivity index (χ2v) is 11.6. The van der Waals surface area contributed by atoms with Crippen LogP contribution in [0.1, 0.15) is 33.6 Å². The first kappa shape index (κ1) is 30.2. The van der Waals surface area contributed by atoms with Gasteiger partial charge in [-0.3, -0.25) is 4.79 Å². The van der Waals surface area contributed by atoms with Crippen LogP contribution in [0.2, 0.25) is 5.02 Å². The summed E-state index contributed by atoms with van der Waals surface area (Å²) in [5.41, 5.74) is 1.90. The number of piperidine rings is 1. The highest BCUT2D eigenvalue weighted by atomic mass is 35.5. The van der Waals surface area contributed by atoms with Crippen molar-refractivity contribution in [3.8, 4) is 11.6 Å². The lowest BCUT2D eigenvalue weighted by atomic mass is 9.96. The van der Waals surface area contributed by atoms with Crippen LogP contribution in [0, 0.1) is 17.8 Å². The SMILES string of the molecule is COCC(C)COC1CN(c2ccc(OC3CCN(c4cc(OC)ncc4Cl)CC3C)cc2)C(CC(=O)O)C1C. The number of hydrogen-bond acceptors (Lipinski definition) is 8. The fraction of sp³-hybridized carbons (Fsp3) is 0.600. The van der Waals surface area contributed by atoms with Gasteiger partial charge in [-0.15, -0.1) is 0 Å². The number of aliphatic carboxylic acids is 1. The van der Waals surface area contributed by atoms with E-state index >= 15 is 0 Å². The lowest BCUT2D eigenvalue weighted by molar-refractivity contribution is -0.137. The molecule has 10 heteroatoms. The fourth-order valence-corrected chi connectivity index (χ4v) is 6.02. The third kappa shape index (κ3) is 7.30. The summed E-state index contributed by atoms with van der Waals surface area (Å²) >= 11 is 6.43. The molecule has 0 spiro atoms.